The van der Waals surface area contributed by atoms with Crippen molar-refractivity contribution in [2.45, 2.75) is 5.03 Å². The smallest absolute Gasteiger partial charge is 0.319 e. The van der Waals surface area contributed by atoms with Gasteiger partial charge >= 0.3 is 5.69 Å². The molecule has 0 aliphatic carbocycles. The number of hydrogen-bond donors (Lipinski definition) is 1. The largest absolute Gasteiger partial charge is 0.357 e. The van der Waals surface area contributed by atoms with E-state index in [0.29, 0.717) is 11.0 Å². The molecule has 0 saturated heterocycles. The van der Waals surface area contributed by atoms with Gasteiger partial charge in [0.15, 0.2) is 5.03 Å². The van der Waals surface area contributed by atoms with Crippen LogP contribution in [0.1, 0.15) is 0 Å². The summed E-state index contributed by atoms with van der Waals surface area (Å²) in [4.78, 5) is 20.3. The molecule has 0 aromatic carbocycles. The number of aromatic nitrogens is 2. The summed E-state index contributed by atoms with van der Waals surface area (Å²) in [5.74, 6) is 1.14. The van der Waals surface area contributed by atoms with Crippen LogP contribution in [0.3, 0.4) is 0 Å². The molecule has 0 radical (unpaired) electrons. The first-order valence-corrected chi connectivity index (χ1v) is 6.00. The van der Waals surface area contributed by atoms with Crippen LogP contribution >= 0.6 is 11.8 Å². The Morgan fingerprint density at radius 3 is 2.82 bits per heavy atom. The highest BCUT2D eigenvalue weighted by Gasteiger charge is 2.17. The lowest BCUT2D eigenvalue weighted by Gasteiger charge is -2.08. The number of thioether (sulfide) groups is 1. The fourth-order valence-corrected chi connectivity index (χ4v) is 2.11. The second kappa shape index (κ2) is 6.36. The van der Waals surface area contributed by atoms with Crippen LogP contribution in [0.15, 0.2) is 11.2 Å². The molecule has 7 nitrogen and oxygen atoms in total. The van der Waals surface area contributed by atoms with E-state index in [0.717, 1.165) is 12.3 Å². The van der Waals surface area contributed by atoms with Gasteiger partial charge in [-0.1, -0.05) is 11.8 Å². The van der Waals surface area contributed by atoms with Gasteiger partial charge in [-0.15, -0.1) is 0 Å². The molecule has 0 amide bonds. The summed E-state index contributed by atoms with van der Waals surface area (Å²) in [6.45, 7) is 0.834. The maximum absolute atomic E-state index is 10.8. The lowest BCUT2D eigenvalue weighted by atomic mass is 10.5. The highest BCUT2D eigenvalue weighted by molar-refractivity contribution is 7.99. The summed E-state index contributed by atoms with van der Waals surface area (Å²) in [5.41, 5.74) is -0.0484. The zero-order valence-corrected chi connectivity index (χ0v) is 10.8. The third-order valence-electron chi connectivity index (χ3n) is 1.93. The van der Waals surface area contributed by atoms with Gasteiger partial charge in [-0.25, -0.2) is 4.98 Å². The molecule has 0 unspecified atom stereocenters. The van der Waals surface area contributed by atoms with Crippen LogP contribution in [0, 0.1) is 10.1 Å². The van der Waals surface area contributed by atoms with E-state index in [2.05, 4.69) is 15.3 Å². The van der Waals surface area contributed by atoms with Gasteiger partial charge in [-0.05, 0) is 14.1 Å². The van der Waals surface area contributed by atoms with Crippen molar-refractivity contribution in [1.29, 1.82) is 0 Å². The number of hydrogen-bond acceptors (Lipinski definition) is 7. The Morgan fingerprint density at radius 2 is 2.29 bits per heavy atom. The molecule has 94 valence electrons. The van der Waals surface area contributed by atoms with E-state index in [4.69, 9.17) is 0 Å². The molecule has 0 saturated carbocycles. The van der Waals surface area contributed by atoms with Crippen LogP contribution in [-0.2, 0) is 0 Å². The predicted octanol–water partition coefficient (Wildman–Crippen LogP) is 1.08. The summed E-state index contributed by atoms with van der Waals surface area (Å²) in [5, 5.41) is 14.0. The van der Waals surface area contributed by atoms with Crippen molar-refractivity contribution in [1.82, 2.24) is 14.9 Å². The second-order valence-corrected chi connectivity index (χ2v) is 4.63. The molecule has 1 aromatic rings. The average molecular weight is 257 g/mol. The van der Waals surface area contributed by atoms with Crippen molar-refractivity contribution >= 4 is 23.4 Å². The summed E-state index contributed by atoms with van der Waals surface area (Å²) in [6.07, 6.45) is 1.23. The van der Waals surface area contributed by atoms with Crippen LogP contribution in [-0.4, -0.2) is 53.2 Å². The minimum atomic E-state index is -0.461. The Labute approximate surface area is 104 Å². The molecule has 0 atom stereocenters. The maximum Gasteiger partial charge on any atom is 0.319 e. The second-order valence-electron chi connectivity index (χ2n) is 3.54. The van der Waals surface area contributed by atoms with Crippen LogP contribution in [0.4, 0.5) is 11.6 Å². The molecule has 0 aliphatic rings. The Hall–Kier alpha value is -1.41. The standard InChI is InChI=1S/C9H15N5O2S/c1-10-9-11-6-7(14(15)16)8(12-9)17-5-4-13(2)3/h6H,4-5H2,1-3H3,(H,10,11,12). The van der Waals surface area contributed by atoms with Gasteiger partial charge < -0.3 is 10.2 Å². The molecule has 17 heavy (non-hydrogen) atoms. The molecule has 0 aliphatic heterocycles. The number of nitrogens with one attached hydrogen (secondary N) is 1. The lowest BCUT2D eigenvalue weighted by molar-refractivity contribution is -0.388. The first-order valence-electron chi connectivity index (χ1n) is 5.01. The zero-order valence-electron chi connectivity index (χ0n) is 10.0. The monoisotopic (exact) mass is 257 g/mol. The van der Waals surface area contributed by atoms with Crippen molar-refractivity contribution in [3.63, 3.8) is 0 Å². The third-order valence-corrected chi connectivity index (χ3v) is 2.89. The van der Waals surface area contributed by atoms with Crippen molar-refractivity contribution in [2.24, 2.45) is 0 Å². The molecular weight excluding hydrogens is 242 g/mol. The number of rotatable bonds is 6. The Kier molecular flexibility index (Phi) is 5.11. The van der Waals surface area contributed by atoms with Gasteiger partial charge in [0, 0.05) is 19.3 Å². The summed E-state index contributed by atoms with van der Waals surface area (Å²) in [7, 11) is 5.58. The minimum Gasteiger partial charge on any atom is -0.357 e. The van der Waals surface area contributed by atoms with E-state index in [1.807, 2.05) is 19.0 Å². The Balaban J connectivity index is 2.82. The quantitative estimate of drug-likeness (QED) is 0.353. The molecule has 0 fully saturated rings. The Morgan fingerprint density at radius 1 is 1.59 bits per heavy atom. The first-order chi connectivity index (χ1) is 8.04. The summed E-state index contributed by atoms with van der Waals surface area (Å²) in [6, 6.07) is 0. The molecule has 8 heteroatoms. The van der Waals surface area contributed by atoms with Crippen molar-refractivity contribution in [3.8, 4) is 0 Å². The minimum absolute atomic E-state index is 0.0484. The van der Waals surface area contributed by atoms with E-state index < -0.39 is 4.92 Å². The first kappa shape index (κ1) is 13.7. The van der Waals surface area contributed by atoms with E-state index in [1.54, 1.807) is 7.05 Å². The molecule has 1 rings (SSSR count). The topological polar surface area (TPSA) is 84.2 Å². The highest BCUT2D eigenvalue weighted by Crippen LogP contribution is 2.26. The molecule has 0 spiro atoms. The number of anilines is 1. The zero-order chi connectivity index (χ0) is 12.8. The molecule has 1 aromatic heterocycles. The van der Waals surface area contributed by atoms with Crippen LogP contribution in [0.2, 0.25) is 0 Å². The van der Waals surface area contributed by atoms with Gasteiger partial charge in [-0.3, -0.25) is 10.1 Å². The normalized spacial score (nSPS) is 10.6. The van der Waals surface area contributed by atoms with Gasteiger partial charge in [0.1, 0.15) is 6.20 Å². The van der Waals surface area contributed by atoms with Gasteiger partial charge in [0.05, 0.1) is 4.92 Å². The number of nitrogens with zero attached hydrogens (tertiary/aromatic N) is 4. The average Bonchev–Trinajstić information content (AvgIpc) is 2.28. The van der Waals surface area contributed by atoms with Gasteiger partial charge in [0.25, 0.3) is 0 Å². The molecule has 1 N–H and O–H groups in total. The molecule has 0 bridgehead atoms. The van der Waals surface area contributed by atoms with Crippen molar-refractivity contribution in [2.75, 3.05) is 38.8 Å². The fourth-order valence-electron chi connectivity index (χ4n) is 1.04. The van der Waals surface area contributed by atoms with Crippen LogP contribution in [0.25, 0.3) is 0 Å². The van der Waals surface area contributed by atoms with Crippen LogP contribution < -0.4 is 5.32 Å². The van der Waals surface area contributed by atoms with E-state index in [1.165, 1.54) is 18.0 Å². The highest BCUT2D eigenvalue weighted by atomic mass is 32.2. The van der Waals surface area contributed by atoms with Gasteiger partial charge in [-0.2, -0.15) is 4.98 Å². The lowest BCUT2D eigenvalue weighted by Crippen LogP contribution is -2.15. The third kappa shape index (κ3) is 4.16. The molecule has 1 heterocycles. The SMILES string of the molecule is CNc1ncc([N+](=O)[O-])c(SCCN(C)C)n1. The molecular formula is C9H15N5O2S. The fraction of sp³-hybridized carbons (Fsp3) is 0.556. The van der Waals surface area contributed by atoms with E-state index >= 15 is 0 Å². The summed E-state index contributed by atoms with van der Waals surface area (Å²) < 4.78 is 0. The van der Waals surface area contributed by atoms with Crippen LogP contribution in [0.5, 0.6) is 0 Å². The predicted molar refractivity (Wildman–Crippen MR) is 67.5 cm³/mol. The van der Waals surface area contributed by atoms with E-state index in [9.17, 15) is 10.1 Å². The summed E-state index contributed by atoms with van der Waals surface area (Å²) >= 11 is 1.36. The van der Waals surface area contributed by atoms with Gasteiger partial charge in [0.2, 0.25) is 5.95 Å². The maximum atomic E-state index is 10.8. The Bertz CT molecular complexity index is 399. The number of nitro groups is 1. The van der Waals surface area contributed by atoms with Crippen molar-refractivity contribution in [3.05, 3.63) is 16.3 Å². The van der Waals surface area contributed by atoms with Crippen molar-refractivity contribution < 1.29 is 4.92 Å². The van der Waals surface area contributed by atoms with E-state index in [-0.39, 0.29) is 5.69 Å².